The minimum Gasteiger partial charge on any atom is -0.382 e. The quantitative estimate of drug-likeness (QED) is 0.404. The van der Waals surface area contributed by atoms with Crippen molar-refractivity contribution in [1.29, 1.82) is 0 Å². The highest BCUT2D eigenvalue weighted by atomic mass is 32.2. The minimum atomic E-state index is -0.254. The Labute approximate surface area is 143 Å². The number of rotatable bonds is 6. The van der Waals surface area contributed by atoms with Crippen molar-refractivity contribution in [2.24, 2.45) is 0 Å². The number of nitrogens with two attached hydrogens (primary N) is 1. The van der Waals surface area contributed by atoms with Crippen molar-refractivity contribution in [2.45, 2.75) is 30.5 Å². The number of ether oxygens (including phenoxy) is 1. The lowest BCUT2D eigenvalue weighted by Crippen LogP contribution is -2.17. The van der Waals surface area contributed by atoms with Crippen LogP contribution in [0.4, 0.5) is 5.82 Å². The topological polar surface area (TPSA) is 98.8 Å². The largest absolute Gasteiger partial charge is 0.382 e. The van der Waals surface area contributed by atoms with Gasteiger partial charge in [0.05, 0.1) is 6.54 Å². The maximum absolute atomic E-state index is 12.3. The van der Waals surface area contributed by atoms with E-state index >= 15 is 0 Å². The first-order valence-electron chi connectivity index (χ1n) is 7.61. The van der Waals surface area contributed by atoms with E-state index in [0.717, 1.165) is 12.0 Å². The standard InChI is InChI=1S/C16H19N5O2S/c1-3-11(23-2)24-15-19-13(17)12-14(20-15)21(16(22)18-12)9-10-7-5-4-6-8-10/h4-8,11H,3,9H2,1-2H3,(H,18,22)(H2,17,19,20). The Morgan fingerprint density at radius 1 is 1.33 bits per heavy atom. The first-order valence-corrected chi connectivity index (χ1v) is 8.49. The number of thioether (sulfide) groups is 1. The molecule has 8 heteroatoms. The summed E-state index contributed by atoms with van der Waals surface area (Å²) in [5.41, 5.74) is 7.67. The normalized spacial score (nSPS) is 12.6. The number of anilines is 1. The Kier molecular flexibility index (Phi) is 4.86. The Bertz CT molecular complexity index is 887. The summed E-state index contributed by atoms with van der Waals surface area (Å²) in [4.78, 5) is 23.8. The van der Waals surface area contributed by atoms with Gasteiger partial charge in [0.1, 0.15) is 11.0 Å². The van der Waals surface area contributed by atoms with Crippen molar-refractivity contribution >= 4 is 28.7 Å². The summed E-state index contributed by atoms with van der Waals surface area (Å²) in [5, 5.41) is 0.495. The van der Waals surface area contributed by atoms with Crippen LogP contribution in [0.15, 0.2) is 40.3 Å². The predicted octanol–water partition coefficient (Wildman–Crippen LogP) is 2.22. The zero-order valence-corrected chi connectivity index (χ0v) is 14.3. The lowest BCUT2D eigenvalue weighted by molar-refractivity contribution is 0.170. The third-order valence-corrected chi connectivity index (χ3v) is 4.83. The molecule has 0 amide bonds. The molecule has 3 N–H and O–H groups in total. The maximum Gasteiger partial charge on any atom is 0.328 e. The number of fused-ring (bicyclic) bond motifs is 1. The van der Waals surface area contributed by atoms with Gasteiger partial charge in [-0.25, -0.2) is 14.8 Å². The first-order chi connectivity index (χ1) is 11.6. The van der Waals surface area contributed by atoms with Crippen LogP contribution in [-0.4, -0.2) is 32.1 Å². The Hall–Kier alpha value is -2.32. The number of aromatic amines is 1. The van der Waals surface area contributed by atoms with Gasteiger partial charge in [0.15, 0.2) is 16.6 Å². The van der Waals surface area contributed by atoms with Crippen LogP contribution in [0, 0.1) is 0 Å². The molecule has 0 aliphatic rings. The van der Waals surface area contributed by atoms with Crippen molar-refractivity contribution in [2.75, 3.05) is 12.8 Å². The van der Waals surface area contributed by atoms with Gasteiger partial charge in [-0.1, -0.05) is 49.0 Å². The lowest BCUT2D eigenvalue weighted by Gasteiger charge is -2.11. The number of nitrogens with zero attached hydrogens (tertiary/aromatic N) is 3. The smallest absolute Gasteiger partial charge is 0.328 e. The van der Waals surface area contributed by atoms with Crippen LogP contribution in [0.5, 0.6) is 0 Å². The molecule has 2 heterocycles. The van der Waals surface area contributed by atoms with Gasteiger partial charge in [-0.15, -0.1) is 0 Å². The van der Waals surface area contributed by atoms with Gasteiger partial charge < -0.3 is 15.5 Å². The van der Waals surface area contributed by atoms with E-state index in [2.05, 4.69) is 15.0 Å². The molecule has 3 rings (SSSR count). The zero-order valence-electron chi connectivity index (χ0n) is 13.5. The molecular formula is C16H19N5O2S. The van der Waals surface area contributed by atoms with Crippen LogP contribution < -0.4 is 11.4 Å². The fraction of sp³-hybridized carbons (Fsp3) is 0.312. The lowest BCUT2D eigenvalue weighted by atomic mass is 10.2. The average molecular weight is 345 g/mol. The van der Waals surface area contributed by atoms with Crippen molar-refractivity contribution in [3.05, 3.63) is 46.4 Å². The number of hydrogen-bond acceptors (Lipinski definition) is 6. The van der Waals surface area contributed by atoms with E-state index in [1.165, 1.54) is 11.8 Å². The second-order valence-corrected chi connectivity index (χ2v) is 6.41. The minimum absolute atomic E-state index is 0.0601. The number of aromatic nitrogens is 4. The van der Waals surface area contributed by atoms with E-state index in [1.54, 1.807) is 11.7 Å². The van der Waals surface area contributed by atoms with E-state index in [9.17, 15) is 4.79 Å². The van der Waals surface area contributed by atoms with Crippen LogP contribution in [0.1, 0.15) is 18.9 Å². The number of methoxy groups -OCH3 is 1. The molecule has 0 saturated carbocycles. The SMILES string of the molecule is CCC(OC)Sc1nc(N)c2[nH]c(=O)n(Cc3ccccc3)c2n1. The molecule has 24 heavy (non-hydrogen) atoms. The van der Waals surface area contributed by atoms with Gasteiger partial charge in [0.25, 0.3) is 0 Å². The molecule has 0 aliphatic carbocycles. The van der Waals surface area contributed by atoms with Gasteiger partial charge >= 0.3 is 5.69 Å². The monoisotopic (exact) mass is 345 g/mol. The summed E-state index contributed by atoms with van der Waals surface area (Å²) in [6, 6.07) is 9.73. The predicted molar refractivity (Wildman–Crippen MR) is 95.1 cm³/mol. The highest BCUT2D eigenvalue weighted by molar-refractivity contribution is 7.99. The summed E-state index contributed by atoms with van der Waals surface area (Å²) in [6.07, 6.45) is 0.812. The second-order valence-electron chi connectivity index (χ2n) is 5.28. The van der Waals surface area contributed by atoms with Crippen LogP contribution in [0.3, 0.4) is 0 Å². The zero-order chi connectivity index (χ0) is 17.1. The van der Waals surface area contributed by atoms with E-state index in [-0.39, 0.29) is 16.9 Å². The molecule has 0 spiro atoms. The highest BCUT2D eigenvalue weighted by Crippen LogP contribution is 2.26. The van der Waals surface area contributed by atoms with Gasteiger partial charge in [-0.05, 0) is 12.0 Å². The summed E-state index contributed by atoms with van der Waals surface area (Å²) in [7, 11) is 1.64. The molecule has 2 aromatic heterocycles. The summed E-state index contributed by atoms with van der Waals surface area (Å²) in [6.45, 7) is 2.44. The molecule has 1 atom stereocenters. The molecule has 126 valence electrons. The first kappa shape index (κ1) is 16.5. The third kappa shape index (κ3) is 3.29. The van der Waals surface area contributed by atoms with Gasteiger partial charge in [-0.3, -0.25) is 4.57 Å². The summed E-state index contributed by atoms with van der Waals surface area (Å²) >= 11 is 1.39. The third-order valence-electron chi connectivity index (χ3n) is 3.65. The molecule has 0 bridgehead atoms. The maximum atomic E-state index is 12.3. The molecule has 0 saturated heterocycles. The number of hydrogen-bond donors (Lipinski definition) is 2. The number of nitrogen functional groups attached to an aromatic ring is 1. The van der Waals surface area contributed by atoms with Gasteiger partial charge in [0.2, 0.25) is 0 Å². The van der Waals surface area contributed by atoms with Crippen molar-refractivity contribution < 1.29 is 4.74 Å². The number of imidazole rings is 1. The molecule has 7 nitrogen and oxygen atoms in total. The van der Waals surface area contributed by atoms with Crippen LogP contribution in [-0.2, 0) is 11.3 Å². The molecule has 1 aromatic carbocycles. The fourth-order valence-electron chi connectivity index (χ4n) is 2.41. The molecule has 1 unspecified atom stereocenters. The molecule has 3 aromatic rings. The van der Waals surface area contributed by atoms with E-state index < -0.39 is 0 Å². The van der Waals surface area contributed by atoms with Crippen LogP contribution in [0.2, 0.25) is 0 Å². The highest BCUT2D eigenvalue weighted by Gasteiger charge is 2.16. The Balaban J connectivity index is 2.04. The van der Waals surface area contributed by atoms with E-state index in [0.29, 0.717) is 22.9 Å². The fourth-order valence-corrected chi connectivity index (χ4v) is 3.20. The Morgan fingerprint density at radius 3 is 2.75 bits per heavy atom. The van der Waals surface area contributed by atoms with Gasteiger partial charge in [-0.2, -0.15) is 0 Å². The van der Waals surface area contributed by atoms with Crippen LogP contribution >= 0.6 is 11.8 Å². The molecular weight excluding hydrogens is 326 g/mol. The van der Waals surface area contributed by atoms with E-state index in [4.69, 9.17) is 10.5 Å². The van der Waals surface area contributed by atoms with Crippen molar-refractivity contribution in [3.8, 4) is 0 Å². The average Bonchev–Trinajstić information content (AvgIpc) is 2.90. The number of benzene rings is 1. The molecule has 0 fully saturated rings. The van der Waals surface area contributed by atoms with Crippen molar-refractivity contribution in [3.63, 3.8) is 0 Å². The molecule has 0 aliphatic heterocycles. The summed E-state index contributed by atoms with van der Waals surface area (Å²) in [5.74, 6) is 0.261. The van der Waals surface area contributed by atoms with Crippen molar-refractivity contribution in [1.82, 2.24) is 19.5 Å². The van der Waals surface area contributed by atoms with Gasteiger partial charge in [0, 0.05) is 7.11 Å². The Morgan fingerprint density at radius 2 is 2.08 bits per heavy atom. The number of nitrogens with one attached hydrogen (secondary N) is 1. The number of H-pyrrole nitrogens is 1. The van der Waals surface area contributed by atoms with Crippen LogP contribution in [0.25, 0.3) is 11.2 Å². The second kappa shape index (κ2) is 7.06. The van der Waals surface area contributed by atoms with E-state index in [1.807, 2.05) is 37.3 Å². The molecule has 0 radical (unpaired) electrons. The summed E-state index contributed by atoms with van der Waals surface area (Å²) < 4.78 is 6.92.